The molecule has 4 nitrogen and oxygen atoms in total. The number of nitrogens with one attached hydrogen (secondary N) is 1. The molecule has 0 saturated heterocycles. The highest BCUT2D eigenvalue weighted by molar-refractivity contribution is 9.10. The molecule has 6 heteroatoms. The van der Waals surface area contributed by atoms with Crippen LogP contribution in [-0.4, -0.2) is 22.0 Å². The first-order valence-electron chi connectivity index (χ1n) is 5.57. The van der Waals surface area contributed by atoms with Gasteiger partial charge in [-0.15, -0.1) is 11.3 Å². The number of hydrogen-bond acceptors (Lipinski definition) is 3. The van der Waals surface area contributed by atoms with Crippen molar-refractivity contribution in [2.45, 2.75) is 12.8 Å². The smallest absolute Gasteiger partial charge is 0.267 e. The van der Waals surface area contributed by atoms with Crippen molar-refractivity contribution in [2.75, 3.05) is 6.54 Å². The first-order chi connectivity index (χ1) is 8.58. The van der Waals surface area contributed by atoms with Crippen molar-refractivity contribution in [3.05, 3.63) is 39.0 Å². The van der Waals surface area contributed by atoms with E-state index in [1.165, 1.54) is 0 Å². The molecule has 18 heavy (non-hydrogen) atoms. The average molecular weight is 328 g/mol. The van der Waals surface area contributed by atoms with E-state index in [1.54, 1.807) is 22.1 Å². The van der Waals surface area contributed by atoms with Crippen LogP contribution >= 0.6 is 27.3 Å². The van der Waals surface area contributed by atoms with Crippen LogP contribution in [-0.2, 0) is 7.05 Å². The normalized spacial score (nSPS) is 12.4. The summed E-state index contributed by atoms with van der Waals surface area (Å²) in [5.41, 5.74) is 0.646. The van der Waals surface area contributed by atoms with Gasteiger partial charge in [-0.2, -0.15) is 0 Å². The Balaban J connectivity index is 1.94. The van der Waals surface area contributed by atoms with Crippen LogP contribution < -0.4 is 5.32 Å². The lowest BCUT2D eigenvalue weighted by Crippen LogP contribution is -2.28. The monoisotopic (exact) mass is 327 g/mol. The summed E-state index contributed by atoms with van der Waals surface area (Å²) < 4.78 is 2.70. The molecule has 96 valence electrons. The quantitative estimate of drug-likeness (QED) is 0.938. The summed E-state index contributed by atoms with van der Waals surface area (Å²) in [5, 5.41) is 5.92. The van der Waals surface area contributed by atoms with E-state index in [0.29, 0.717) is 12.2 Å². The van der Waals surface area contributed by atoms with Gasteiger partial charge in [0.1, 0.15) is 5.69 Å². The molecule has 0 radical (unpaired) electrons. The van der Waals surface area contributed by atoms with Crippen LogP contribution in [0.5, 0.6) is 0 Å². The summed E-state index contributed by atoms with van der Waals surface area (Å²) in [6, 6.07) is 1.81. The van der Waals surface area contributed by atoms with Crippen LogP contribution in [0.15, 0.2) is 28.3 Å². The molecule has 1 amide bonds. The molecule has 0 spiro atoms. The van der Waals surface area contributed by atoms with Gasteiger partial charge in [0.15, 0.2) is 0 Å². The second-order valence-electron chi connectivity index (χ2n) is 4.14. The van der Waals surface area contributed by atoms with Gasteiger partial charge in [-0.3, -0.25) is 4.79 Å². The number of hydrogen-bond donors (Lipinski definition) is 1. The molecule has 2 aromatic heterocycles. The van der Waals surface area contributed by atoms with Crippen LogP contribution in [0.25, 0.3) is 0 Å². The van der Waals surface area contributed by atoms with Crippen molar-refractivity contribution in [1.82, 2.24) is 14.9 Å². The third-order valence-electron chi connectivity index (χ3n) is 2.65. The van der Waals surface area contributed by atoms with Crippen molar-refractivity contribution in [1.29, 1.82) is 0 Å². The van der Waals surface area contributed by atoms with Crippen LogP contribution in [0, 0.1) is 0 Å². The maximum Gasteiger partial charge on any atom is 0.267 e. The summed E-state index contributed by atoms with van der Waals surface area (Å²) >= 11 is 4.96. The maximum absolute atomic E-state index is 12.0. The molecule has 1 N–H and O–H groups in total. The molecule has 1 unspecified atom stereocenters. The van der Waals surface area contributed by atoms with Gasteiger partial charge in [0.05, 0.1) is 5.01 Å². The van der Waals surface area contributed by atoms with E-state index in [0.717, 1.165) is 9.48 Å². The van der Waals surface area contributed by atoms with E-state index in [2.05, 4.69) is 33.2 Å². The predicted molar refractivity (Wildman–Crippen MR) is 76.0 cm³/mol. The molecular formula is C12H14BrN3OS. The largest absolute Gasteiger partial charge is 0.350 e. The number of aryl methyl sites for hydroxylation is 1. The maximum atomic E-state index is 12.0. The lowest BCUT2D eigenvalue weighted by Gasteiger charge is -2.10. The summed E-state index contributed by atoms with van der Waals surface area (Å²) in [6.45, 7) is 2.65. The van der Waals surface area contributed by atoms with Crippen molar-refractivity contribution in [2.24, 2.45) is 7.05 Å². The standard InChI is InChI=1S/C12H14BrN3OS/c1-8(12-14-3-4-18-12)6-15-11(17)10-5-9(13)7-16(10)2/h3-5,7-8H,6H2,1-2H3,(H,15,17). The van der Waals surface area contributed by atoms with Crippen LogP contribution in [0.4, 0.5) is 0 Å². The number of carbonyl (C=O) groups is 1. The van der Waals surface area contributed by atoms with Crippen molar-refractivity contribution >= 4 is 33.2 Å². The SMILES string of the molecule is CC(CNC(=O)c1cc(Br)cn1C)c1nccs1. The number of thiazole rings is 1. The summed E-state index contributed by atoms with van der Waals surface area (Å²) in [4.78, 5) is 16.2. The van der Waals surface area contributed by atoms with Gasteiger partial charge in [-0.1, -0.05) is 6.92 Å². The number of aromatic nitrogens is 2. The van der Waals surface area contributed by atoms with E-state index in [4.69, 9.17) is 0 Å². The third kappa shape index (κ3) is 3.00. The Bertz CT molecular complexity index is 536. The van der Waals surface area contributed by atoms with Crippen LogP contribution in [0.1, 0.15) is 28.3 Å². The topological polar surface area (TPSA) is 46.9 Å². The van der Waals surface area contributed by atoms with E-state index in [1.807, 2.05) is 24.7 Å². The zero-order chi connectivity index (χ0) is 13.1. The van der Waals surface area contributed by atoms with Gasteiger partial charge in [0, 0.05) is 41.8 Å². The highest BCUT2D eigenvalue weighted by Gasteiger charge is 2.13. The molecule has 0 aliphatic heterocycles. The minimum Gasteiger partial charge on any atom is -0.350 e. The van der Waals surface area contributed by atoms with Gasteiger partial charge >= 0.3 is 0 Å². The Hall–Kier alpha value is -1.14. The fourth-order valence-electron chi connectivity index (χ4n) is 1.65. The summed E-state index contributed by atoms with van der Waals surface area (Å²) in [6.07, 6.45) is 3.64. The van der Waals surface area contributed by atoms with Gasteiger partial charge < -0.3 is 9.88 Å². The third-order valence-corrected chi connectivity index (χ3v) is 4.09. The number of nitrogens with zero attached hydrogens (tertiary/aromatic N) is 2. The minimum absolute atomic E-state index is 0.0633. The van der Waals surface area contributed by atoms with Crippen molar-refractivity contribution in [3.8, 4) is 0 Å². The molecule has 0 aromatic carbocycles. The van der Waals surface area contributed by atoms with E-state index < -0.39 is 0 Å². The highest BCUT2D eigenvalue weighted by Crippen LogP contribution is 2.17. The molecule has 1 atom stereocenters. The fourth-order valence-corrected chi connectivity index (χ4v) is 2.87. The molecule has 0 aliphatic rings. The highest BCUT2D eigenvalue weighted by atomic mass is 79.9. The molecule has 0 fully saturated rings. The zero-order valence-electron chi connectivity index (χ0n) is 10.2. The van der Waals surface area contributed by atoms with E-state index in [9.17, 15) is 4.79 Å². The Kier molecular flexibility index (Phi) is 4.19. The lowest BCUT2D eigenvalue weighted by molar-refractivity contribution is 0.0943. The molecule has 0 saturated carbocycles. The van der Waals surface area contributed by atoms with E-state index >= 15 is 0 Å². The molecule has 0 bridgehead atoms. The average Bonchev–Trinajstić information content (AvgIpc) is 2.95. The minimum atomic E-state index is -0.0633. The number of amides is 1. The zero-order valence-corrected chi connectivity index (χ0v) is 12.6. The molecule has 2 aromatic rings. The van der Waals surface area contributed by atoms with Crippen molar-refractivity contribution in [3.63, 3.8) is 0 Å². The second kappa shape index (κ2) is 5.67. The molecule has 0 aliphatic carbocycles. The summed E-state index contributed by atoms with van der Waals surface area (Å²) in [5.74, 6) is 0.171. The molecule has 2 rings (SSSR count). The van der Waals surface area contributed by atoms with Gasteiger partial charge in [-0.05, 0) is 22.0 Å². The van der Waals surface area contributed by atoms with Gasteiger partial charge in [0.25, 0.3) is 5.91 Å². The molecule has 2 heterocycles. The number of halogens is 1. The summed E-state index contributed by atoms with van der Waals surface area (Å²) in [7, 11) is 1.85. The first kappa shape index (κ1) is 13.3. The van der Waals surface area contributed by atoms with Gasteiger partial charge in [0.2, 0.25) is 0 Å². The van der Waals surface area contributed by atoms with Crippen molar-refractivity contribution < 1.29 is 4.79 Å². The molecular weight excluding hydrogens is 314 g/mol. The first-order valence-corrected chi connectivity index (χ1v) is 7.24. The van der Waals surface area contributed by atoms with E-state index in [-0.39, 0.29) is 11.8 Å². The Labute approximate surface area is 118 Å². The number of carbonyl (C=O) groups excluding carboxylic acids is 1. The van der Waals surface area contributed by atoms with Crippen LogP contribution in [0.3, 0.4) is 0 Å². The van der Waals surface area contributed by atoms with Gasteiger partial charge in [-0.25, -0.2) is 4.98 Å². The number of rotatable bonds is 4. The van der Waals surface area contributed by atoms with Crippen LogP contribution in [0.2, 0.25) is 0 Å². The Morgan fingerprint density at radius 2 is 2.44 bits per heavy atom. The Morgan fingerprint density at radius 3 is 3.00 bits per heavy atom. The predicted octanol–water partition coefficient (Wildman–Crippen LogP) is 2.78. The Morgan fingerprint density at radius 1 is 1.67 bits per heavy atom. The lowest BCUT2D eigenvalue weighted by atomic mass is 10.2. The fraction of sp³-hybridized carbons (Fsp3) is 0.333. The second-order valence-corrected chi connectivity index (χ2v) is 5.98.